The van der Waals surface area contributed by atoms with Crippen LogP contribution >= 0.6 is 11.3 Å². The average Bonchev–Trinajstić information content (AvgIpc) is 3.27. The van der Waals surface area contributed by atoms with E-state index in [1.807, 2.05) is 30.5 Å². The third kappa shape index (κ3) is 4.11. The number of rotatable bonds is 6. The van der Waals surface area contributed by atoms with Gasteiger partial charge in [-0.1, -0.05) is 29.8 Å². The smallest absolute Gasteiger partial charge is 0.251 e. The lowest BCUT2D eigenvalue weighted by atomic mass is 10.0. The molecule has 4 aromatic rings. The van der Waals surface area contributed by atoms with Crippen molar-refractivity contribution in [3.8, 4) is 16.8 Å². The summed E-state index contributed by atoms with van der Waals surface area (Å²) < 4.78 is 1.76. The largest absolute Gasteiger partial charge is 0.343 e. The van der Waals surface area contributed by atoms with Gasteiger partial charge >= 0.3 is 0 Å². The molecule has 0 saturated heterocycles. The molecule has 1 aliphatic carbocycles. The van der Waals surface area contributed by atoms with Gasteiger partial charge in [-0.05, 0) is 66.4 Å². The first-order chi connectivity index (χ1) is 15.1. The second-order valence-corrected chi connectivity index (χ2v) is 8.85. The van der Waals surface area contributed by atoms with Crippen molar-refractivity contribution in [2.24, 2.45) is 0 Å². The number of aryl methyl sites for hydroxylation is 1. The van der Waals surface area contributed by atoms with Crippen LogP contribution in [0.3, 0.4) is 0 Å². The Balaban J connectivity index is 1.55. The van der Waals surface area contributed by atoms with Gasteiger partial charge in [0, 0.05) is 23.1 Å². The molecule has 0 bridgehead atoms. The lowest BCUT2D eigenvalue weighted by Crippen LogP contribution is -2.26. The summed E-state index contributed by atoms with van der Waals surface area (Å²) in [6.07, 6.45) is 3.93. The molecule has 156 valence electrons. The summed E-state index contributed by atoms with van der Waals surface area (Å²) in [4.78, 5) is 17.5. The summed E-state index contributed by atoms with van der Waals surface area (Å²) in [5, 5.41) is 18.2. The molecule has 1 fully saturated rings. The number of amides is 1. The number of aromatic nitrogens is 5. The van der Waals surface area contributed by atoms with E-state index < -0.39 is 0 Å². The van der Waals surface area contributed by atoms with Crippen molar-refractivity contribution >= 4 is 17.2 Å². The molecule has 1 amide bonds. The van der Waals surface area contributed by atoms with E-state index in [-0.39, 0.29) is 11.9 Å². The van der Waals surface area contributed by atoms with Crippen molar-refractivity contribution in [2.45, 2.75) is 38.6 Å². The molecule has 0 spiro atoms. The summed E-state index contributed by atoms with van der Waals surface area (Å²) in [5.74, 6) is 1.09. The van der Waals surface area contributed by atoms with Crippen molar-refractivity contribution in [3.63, 3.8) is 0 Å². The van der Waals surface area contributed by atoms with Crippen molar-refractivity contribution in [1.29, 1.82) is 0 Å². The Bertz CT molecular complexity index is 1210. The second kappa shape index (κ2) is 8.03. The third-order valence-electron chi connectivity index (χ3n) is 5.42. The normalized spacial score (nSPS) is 14.4. The van der Waals surface area contributed by atoms with E-state index in [4.69, 9.17) is 0 Å². The van der Waals surface area contributed by atoms with Crippen LogP contribution in [0, 0.1) is 6.92 Å². The highest BCUT2D eigenvalue weighted by molar-refractivity contribution is 7.09. The van der Waals surface area contributed by atoms with E-state index in [1.54, 1.807) is 10.9 Å². The number of nitrogens with zero attached hydrogens (tertiary/aromatic N) is 5. The standard InChI is InChI=1S/C23H22N6OS/c1-14-3-5-16(6-4-14)18-11-19(22(30)25-15(2)23-24-9-10-31-23)13-20(12-18)29-21(17-7-8-17)26-27-28-29/h3-6,9-13,15,17H,7-8H2,1-2H3,(H,25,30). The minimum absolute atomic E-state index is 0.154. The van der Waals surface area contributed by atoms with E-state index in [0.717, 1.165) is 40.5 Å². The number of benzene rings is 2. The number of carbonyl (C=O) groups is 1. The van der Waals surface area contributed by atoms with Gasteiger partial charge in [0.1, 0.15) is 5.01 Å². The SMILES string of the molecule is Cc1ccc(-c2cc(C(=O)NC(C)c3nccs3)cc(-n3nnnc3C3CC3)c2)cc1. The zero-order chi connectivity index (χ0) is 21.4. The van der Waals surface area contributed by atoms with E-state index >= 15 is 0 Å². The molecule has 0 aliphatic heterocycles. The quantitative estimate of drug-likeness (QED) is 0.488. The molecule has 5 rings (SSSR count). The fourth-order valence-corrected chi connectivity index (χ4v) is 4.19. The lowest BCUT2D eigenvalue weighted by molar-refractivity contribution is 0.0940. The maximum atomic E-state index is 13.1. The first-order valence-electron chi connectivity index (χ1n) is 10.3. The zero-order valence-electron chi connectivity index (χ0n) is 17.3. The highest BCUT2D eigenvalue weighted by Gasteiger charge is 2.30. The molecular weight excluding hydrogens is 408 g/mol. The molecule has 1 aliphatic rings. The Morgan fingerprint density at radius 2 is 1.97 bits per heavy atom. The topological polar surface area (TPSA) is 85.6 Å². The van der Waals surface area contributed by atoms with Crippen LogP contribution in [0.5, 0.6) is 0 Å². The molecule has 2 aromatic heterocycles. The molecule has 1 unspecified atom stereocenters. The molecular formula is C23H22N6OS. The number of nitrogens with one attached hydrogen (secondary N) is 1. The molecule has 1 atom stereocenters. The molecule has 2 aromatic carbocycles. The Kier molecular flexibility index (Phi) is 5.07. The molecule has 0 radical (unpaired) electrons. The Hall–Kier alpha value is -3.39. The van der Waals surface area contributed by atoms with Gasteiger partial charge < -0.3 is 5.32 Å². The highest BCUT2D eigenvalue weighted by atomic mass is 32.1. The van der Waals surface area contributed by atoms with Crippen molar-refractivity contribution in [3.05, 3.63) is 76.0 Å². The molecule has 7 nitrogen and oxygen atoms in total. The van der Waals surface area contributed by atoms with Crippen LogP contribution in [0.4, 0.5) is 0 Å². The number of hydrogen-bond donors (Lipinski definition) is 1. The van der Waals surface area contributed by atoms with Gasteiger partial charge in [0.2, 0.25) is 0 Å². The minimum atomic E-state index is -0.172. The Morgan fingerprint density at radius 1 is 1.16 bits per heavy atom. The van der Waals surface area contributed by atoms with E-state index in [2.05, 4.69) is 57.0 Å². The lowest BCUT2D eigenvalue weighted by Gasteiger charge is -2.14. The number of tetrazole rings is 1. The average molecular weight is 431 g/mol. The maximum Gasteiger partial charge on any atom is 0.251 e. The summed E-state index contributed by atoms with van der Waals surface area (Å²) in [6.45, 7) is 4.00. The van der Waals surface area contributed by atoms with Gasteiger partial charge in [0.15, 0.2) is 5.82 Å². The number of thiazole rings is 1. The van der Waals surface area contributed by atoms with Crippen molar-refractivity contribution in [2.75, 3.05) is 0 Å². The van der Waals surface area contributed by atoms with Crippen molar-refractivity contribution in [1.82, 2.24) is 30.5 Å². The Labute approximate surface area is 184 Å². The fraction of sp³-hybridized carbons (Fsp3) is 0.261. The number of carbonyl (C=O) groups excluding carboxylic acids is 1. The van der Waals surface area contributed by atoms with Gasteiger partial charge in [-0.15, -0.1) is 16.4 Å². The van der Waals surface area contributed by atoms with Gasteiger partial charge in [-0.2, -0.15) is 4.68 Å². The van der Waals surface area contributed by atoms with Gasteiger partial charge in [-0.3, -0.25) is 4.79 Å². The van der Waals surface area contributed by atoms with Crippen LogP contribution in [-0.2, 0) is 0 Å². The van der Waals surface area contributed by atoms with Gasteiger partial charge in [0.05, 0.1) is 11.7 Å². The van der Waals surface area contributed by atoms with Gasteiger partial charge in [-0.25, -0.2) is 4.98 Å². The van der Waals surface area contributed by atoms with Crippen LogP contribution in [0.25, 0.3) is 16.8 Å². The monoisotopic (exact) mass is 430 g/mol. The summed E-state index contributed by atoms with van der Waals surface area (Å²) in [7, 11) is 0. The van der Waals surface area contributed by atoms with Crippen LogP contribution in [0.1, 0.15) is 58.5 Å². The van der Waals surface area contributed by atoms with Crippen LogP contribution in [-0.4, -0.2) is 31.1 Å². The van der Waals surface area contributed by atoms with Crippen LogP contribution < -0.4 is 5.32 Å². The first-order valence-corrected chi connectivity index (χ1v) is 11.2. The predicted molar refractivity (Wildman–Crippen MR) is 119 cm³/mol. The Morgan fingerprint density at radius 3 is 2.68 bits per heavy atom. The molecule has 2 heterocycles. The predicted octanol–water partition coefficient (Wildman–Crippen LogP) is 4.46. The maximum absolute atomic E-state index is 13.1. The summed E-state index contributed by atoms with van der Waals surface area (Å²) in [5.41, 5.74) is 4.52. The summed E-state index contributed by atoms with van der Waals surface area (Å²) >= 11 is 1.53. The second-order valence-electron chi connectivity index (χ2n) is 7.92. The first kappa shape index (κ1) is 19.6. The molecule has 8 heteroatoms. The fourth-order valence-electron chi connectivity index (χ4n) is 3.54. The summed E-state index contributed by atoms with van der Waals surface area (Å²) in [6, 6.07) is 13.9. The van der Waals surface area contributed by atoms with Gasteiger partial charge in [0.25, 0.3) is 5.91 Å². The molecule has 31 heavy (non-hydrogen) atoms. The zero-order valence-corrected chi connectivity index (χ0v) is 18.1. The van der Waals surface area contributed by atoms with E-state index in [1.165, 1.54) is 16.9 Å². The van der Waals surface area contributed by atoms with Crippen LogP contribution in [0.15, 0.2) is 54.0 Å². The molecule has 1 saturated carbocycles. The van der Waals surface area contributed by atoms with Crippen molar-refractivity contribution < 1.29 is 4.79 Å². The number of hydrogen-bond acceptors (Lipinski definition) is 6. The molecule has 1 N–H and O–H groups in total. The third-order valence-corrected chi connectivity index (χ3v) is 6.37. The van der Waals surface area contributed by atoms with Crippen LogP contribution in [0.2, 0.25) is 0 Å². The minimum Gasteiger partial charge on any atom is -0.343 e. The van der Waals surface area contributed by atoms with E-state index in [9.17, 15) is 4.79 Å². The van der Waals surface area contributed by atoms with E-state index in [0.29, 0.717) is 11.5 Å². The highest BCUT2D eigenvalue weighted by Crippen LogP contribution is 2.39.